The number of nitrogens with one attached hydrogen (secondary N) is 3. The lowest BCUT2D eigenvalue weighted by Gasteiger charge is -2.23. The van der Waals surface area contributed by atoms with Gasteiger partial charge >= 0.3 is 0 Å². The Balaban J connectivity index is 2.02. The molecule has 0 fully saturated rings. The quantitative estimate of drug-likeness (QED) is 0.681. The molecule has 27 heavy (non-hydrogen) atoms. The molecule has 0 saturated heterocycles. The average Bonchev–Trinajstić information content (AvgIpc) is 2.63. The van der Waals surface area contributed by atoms with Gasteiger partial charge in [-0.3, -0.25) is 14.4 Å². The summed E-state index contributed by atoms with van der Waals surface area (Å²) in [6.07, 6.45) is 0. The first-order chi connectivity index (χ1) is 12.7. The van der Waals surface area contributed by atoms with Crippen LogP contribution in [0.3, 0.4) is 0 Å². The van der Waals surface area contributed by atoms with Crippen molar-refractivity contribution < 1.29 is 19.1 Å². The Hall–Kier alpha value is -3.35. The summed E-state index contributed by atoms with van der Waals surface area (Å²) >= 11 is 0. The minimum Gasteiger partial charge on any atom is -0.497 e. The monoisotopic (exact) mass is 369 g/mol. The first-order valence-electron chi connectivity index (χ1n) is 8.37. The van der Waals surface area contributed by atoms with E-state index in [-0.39, 0.29) is 5.91 Å². The number of rotatable bonds is 6. The standard InChI is InChI=1S/C20H23N3O4/c1-13(24)21-14-5-7-15(8-6-14)22-18(25)20(2,3)19(26)23-16-9-11-17(27-4)12-10-16/h5-12H,1-4H3,(H,21,24)(H,22,25)(H,23,26). The molecule has 0 aliphatic rings. The molecule has 2 aromatic carbocycles. The van der Waals surface area contributed by atoms with Crippen molar-refractivity contribution in [3.8, 4) is 5.75 Å². The number of carbonyl (C=O) groups is 3. The number of benzene rings is 2. The van der Waals surface area contributed by atoms with Crippen LogP contribution in [0.5, 0.6) is 5.75 Å². The molecule has 2 rings (SSSR count). The van der Waals surface area contributed by atoms with Crippen LogP contribution in [0, 0.1) is 5.41 Å². The number of ether oxygens (including phenoxy) is 1. The zero-order valence-electron chi connectivity index (χ0n) is 15.8. The van der Waals surface area contributed by atoms with Crippen molar-refractivity contribution in [3.05, 3.63) is 48.5 Å². The topological polar surface area (TPSA) is 96.5 Å². The van der Waals surface area contributed by atoms with Gasteiger partial charge in [0.05, 0.1) is 7.11 Å². The van der Waals surface area contributed by atoms with Gasteiger partial charge in [0.15, 0.2) is 0 Å². The fourth-order valence-corrected chi connectivity index (χ4v) is 2.19. The van der Waals surface area contributed by atoms with E-state index in [0.29, 0.717) is 22.8 Å². The van der Waals surface area contributed by atoms with Gasteiger partial charge in [-0.1, -0.05) is 0 Å². The summed E-state index contributed by atoms with van der Waals surface area (Å²) in [5.41, 5.74) is 0.425. The van der Waals surface area contributed by atoms with Crippen LogP contribution in [0.25, 0.3) is 0 Å². The molecule has 0 bridgehead atoms. The van der Waals surface area contributed by atoms with E-state index in [9.17, 15) is 14.4 Å². The smallest absolute Gasteiger partial charge is 0.239 e. The molecule has 7 heteroatoms. The van der Waals surface area contributed by atoms with E-state index < -0.39 is 17.2 Å². The minimum atomic E-state index is -1.30. The highest BCUT2D eigenvalue weighted by atomic mass is 16.5. The van der Waals surface area contributed by atoms with Crippen molar-refractivity contribution >= 4 is 34.8 Å². The highest BCUT2D eigenvalue weighted by molar-refractivity contribution is 6.14. The summed E-state index contributed by atoms with van der Waals surface area (Å²) < 4.78 is 5.08. The van der Waals surface area contributed by atoms with Crippen LogP contribution >= 0.6 is 0 Å². The van der Waals surface area contributed by atoms with Crippen LogP contribution in [-0.2, 0) is 14.4 Å². The van der Waals surface area contributed by atoms with E-state index in [1.807, 2.05) is 0 Å². The molecule has 0 spiro atoms. The maximum Gasteiger partial charge on any atom is 0.239 e. The highest BCUT2D eigenvalue weighted by Crippen LogP contribution is 2.23. The highest BCUT2D eigenvalue weighted by Gasteiger charge is 2.36. The van der Waals surface area contributed by atoms with Crippen molar-refractivity contribution in [3.63, 3.8) is 0 Å². The average molecular weight is 369 g/mol. The van der Waals surface area contributed by atoms with E-state index >= 15 is 0 Å². The number of carbonyl (C=O) groups excluding carboxylic acids is 3. The molecule has 0 saturated carbocycles. The van der Waals surface area contributed by atoms with Gasteiger partial charge in [-0.05, 0) is 62.4 Å². The number of hydrogen-bond donors (Lipinski definition) is 3. The number of anilines is 3. The van der Waals surface area contributed by atoms with E-state index in [1.54, 1.807) is 69.5 Å². The van der Waals surface area contributed by atoms with Crippen LogP contribution in [0.4, 0.5) is 17.1 Å². The summed E-state index contributed by atoms with van der Waals surface area (Å²) in [5, 5.41) is 8.09. The lowest BCUT2D eigenvalue weighted by molar-refractivity contribution is -0.135. The van der Waals surface area contributed by atoms with E-state index in [1.165, 1.54) is 6.92 Å². The second-order valence-corrected chi connectivity index (χ2v) is 6.52. The third kappa shape index (κ3) is 5.31. The Morgan fingerprint density at radius 3 is 1.48 bits per heavy atom. The van der Waals surface area contributed by atoms with Crippen LogP contribution in [0.2, 0.25) is 0 Å². The molecule has 0 aliphatic carbocycles. The molecule has 0 heterocycles. The molecule has 0 atom stereocenters. The Morgan fingerprint density at radius 1 is 0.741 bits per heavy atom. The molecule has 3 N–H and O–H groups in total. The first kappa shape index (κ1) is 20.0. The normalized spacial score (nSPS) is 10.7. The Morgan fingerprint density at radius 2 is 1.11 bits per heavy atom. The molecular weight excluding hydrogens is 346 g/mol. The molecule has 0 aromatic heterocycles. The van der Waals surface area contributed by atoms with Crippen molar-refractivity contribution in [2.24, 2.45) is 5.41 Å². The van der Waals surface area contributed by atoms with Crippen molar-refractivity contribution in [1.82, 2.24) is 0 Å². The third-order valence-electron chi connectivity index (χ3n) is 3.95. The second kappa shape index (κ2) is 8.35. The lowest BCUT2D eigenvalue weighted by atomic mass is 9.90. The van der Waals surface area contributed by atoms with Crippen LogP contribution in [0.1, 0.15) is 20.8 Å². The van der Waals surface area contributed by atoms with Gasteiger partial charge in [0.2, 0.25) is 17.7 Å². The van der Waals surface area contributed by atoms with Gasteiger partial charge < -0.3 is 20.7 Å². The van der Waals surface area contributed by atoms with Gasteiger partial charge in [0.25, 0.3) is 0 Å². The number of methoxy groups -OCH3 is 1. The second-order valence-electron chi connectivity index (χ2n) is 6.52. The van der Waals surface area contributed by atoms with Gasteiger partial charge in [0.1, 0.15) is 11.2 Å². The van der Waals surface area contributed by atoms with Crippen molar-refractivity contribution in [1.29, 1.82) is 0 Å². The zero-order valence-corrected chi connectivity index (χ0v) is 15.8. The number of hydrogen-bond acceptors (Lipinski definition) is 4. The Bertz CT molecular complexity index is 827. The summed E-state index contributed by atoms with van der Waals surface area (Å²) in [7, 11) is 1.56. The maximum absolute atomic E-state index is 12.6. The van der Waals surface area contributed by atoms with E-state index in [0.717, 1.165) is 0 Å². The van der Waals surface area contributed by atoms with Gasteiger partial charge in [-0.25, -0.2) is 0 Å². The molecule has 0 aliphatic heterocycles. The molecule has 2 aromatic rings. The van der Waals surface area contributed by atoms with Crippen molar-refractivity contribution in [2.45, 2.75) is 20.8 Å². The van der Waals surface area contributed by atoms with Gasteiger partial charge in [-0.15, -0.1) is 0 Å². The Kier molecular flexibility index (Phi) is 6.18. The summed E-state index contributed by atoms with van der Waals surface area (Å²) in [6.45, 7) is 4.51. The number of amides is 3. The largest absolute Gasteiger partial charge is 0.497 e. The van der Waals surface area contributed by atoms with Crippen LogP contribution in [0.15, 0.2) is 48.5 Å². The summed E-state index contributed by atoms with van der Waals surface area (Å²) in [6, 6.07) is 13.5. The summed E-state index contributed by atoms with van der Waals surface area (Å²) in [4.78, 5) is 36.1. The Labute approximate surface area is 158 Å². The molecule has 0 unspecified atom stereocenters. The van der Waals surface area contributed by atoms with E-state index in [2.05, 4.69) is 16.0 Å². The lowest BCUT2D eigenvalue weighted by Crippen LogP contribution is -2.41. The van der Waals surface area contributed by atoms with E-state index in [4.69, 9.17) is 4.74 Å². The maximum atomic E-state index is 12.6. The zero-order chi connectivity index (χ0) is 20.0. The van der Waals surface area contributed by atoms with Crippen molar-refractivity contribution in [2.75, 3.05) is 23.1 Å². The molecule has 0 radical (unpaired) electrons. The van der Waals surface area contributed by atoms with Crippen LogP contribution < -0.4 is 20.7 Å². The van der Waals surface area contributed by atoms with Gasteiger partial charge in [0, 0.05) is 24.0 Å². The molecular formula is C20H23N3O4. The SMILES string of the molecule is COc1ccc(NC(=O)C(C)(C)C(=O)Nc2ccc(NC(C)=O)cc2)cc1. The van der Waals surface area contributed by atoms with Gasteiger partial charge in [-0.2, -0.15) is 0 Å². The predicted octanol–water partition coefficient (Wildman–Crippen LogP) is 3.26. The fraction of sp³-hybridized carbons (Fsp3) is 0.250. The molecule has 3 amide bonds. The summed E-state index contributed by atoms with van der Waals surface area (Å²) in [5.74, 6) is -0.378. The molecule has 7 nitrogen and oxygen atoms in total. The fourth-order valence-electron chi connectivity index (χ4n) is 2.19. The predicted molar refractivity (Wildman–Crippen MR) is 105 cm³/mol. The first-order valence-corrected chi connectivity index (χ1v) is 8.37. The third-order valence-corrected chi connectivity index (χ3v) is 3.95. The molecule has 142 valence electrons. The minimum absolute atomic E-state index is 0.178. The van der Waals surface area contributed by atoms with Crippen LogP contribution in [-0.4, -0.2) is 24.8 Å².